The van der Waals surface area contributed by atoms with E-state index in [-0.39, 0.29) is 30.1 Å². The van der Waals surface area contributed by atoms with Crippen molar-refractivity contribution in [3.63, 3.8) is 0 Å². The number of esters is 2. The maximum atomic E-state index is 12.1. The Labute approximate surface area is 398 Å². The molecule has 0 saturated carbocycles. The van der Waals surface area contributed by atoms with Crippen molar-refractivity contribution in [1.82, 2.24) is 0 Å². The predicted octanol–water partition coefficient (Wildman–Crippen LogP) is 11.4. The van der Waals surface area contributed by atoms with Crippen LogP contribution in [0.15, 0.2) is 158 Å². The fourth-order valence-corrected chi connectivity index (χ4v) is 5.51. The van der Waals surface area contributed by atoms with Gasteiger partial charge in [0.1, 0.15) is 47.7 Å². The third kappa shape index (κ3) is 18.3. The van der Waals surface area contributed by atoms with Crippen LogP contribution in [0.5, 0.6) is 34.5 Å². The SMILES string of the molecule is CC(OC(=O)Oc1ccccc1)C(=O)OCc1ccc(OC(=O)Oc2ccc(C(C)(C)C)cc2)cc1.Cc1ccc(OC(=O)Oc2ccc(COC(=O)C(C)OC(=O)Oc3ccccc3)cc2)cc1. The van der Waals surface area contributed by atoms with Crippen LogP contribution in [0.3, 0.4) is 0 Å². The molecule has 0 aliphatic heterocycles. The quantitative estimate of drug-likeness (QED) is 0.0568. The first-order valence-corrected chi connectivity index (χ1v) is 21.3. The van der Waals surface area contributed by atoms with E-state index < -0.39 is 48.8 Å². The van der Waals surface area contributed by atoms with E-state index in [9.17, 15) is 28.8 Å². The van der Waals surface area contributed by atoms with E-state index in [1.54, 1.807) is 121 Å². The smallest absolute Gasteiger partial charge is 0.458 e. The number of carbonyl (C=O) groups is 6. The van der Waals surface area contributed by atoms with Gasteiger partial charge in [0.2, 0.25) is 0 Å². The topological polar surface area (TPSA) is 195 Å². The summed E-state index contributed by atoms with van der Waals surface area (Å²) in [5, 5.41) is 0. The summed E-state index contributed by atoms with van der Waals surface area (Å²) in [6, 6.07) is 43.5. The van der Waals surface area contributed by atoms with Gasteiger partial charge in [-0.15, -0.1) is 0 Å². The molecule has 2 unspecified atom stereocenters. The number of hydrogen-bond acceptors (Lipinski definition) is 16. The van der Waals surface area contributed by atoms with Crippen LogP contribution in [0.2, 0.25) is 0 Å². The molecule has 0 N–H and O–H groups in total. The van der Waals surface area contributed by atoms with Crippen LogP contribution in [-0.4, -0.2) is 48.8 Å². The Hall–Kier alpha value is -8.66. The second-order valence-electron chi connectivity index (χ2n) is 15.8. The zero-order chi connectivity index (χ0) is 49.8. The fourth-order valence-electron chi connectivity index (χ4n) is 5.51. The van der Waals surface area contributed by atoms with Crippen LogP contribution in [0.25, 0.3) is 0 Å². The molecule has 0 aliphatic rings. The summed E-state index contributed by atoms with van der Waals surface area (Å²) in [6.45, 7) is 10.9. The molecule has 0 heterocycles. The molecule has 6 rings (SSSR count). The molecule has 0 radical (unpaired) electrons. The van der Waals surface area contributed by atoms with E-state index in [0.717, 1.165) is 11.1 Å². The van der Waals surface area contributed by atoms with Crippen molar-refractivity contribution in [2.75, 3.05) is 0 Å². The second kappa shape index (κ2) is 25.3. The lowest BCUT2D eigenvalue weighted by Gasteiger charge is -2.18. The zero-order valence-electron chi connectivity index (χ0n) is 38.6. The van der Waals surface area contributed by atoms with Crippen molar-refractivity contribution in [3.05, 3.63) is 180 Å². The number of para-hydroxylation sites is 2. The monoisotopic (exact) mass is 942 g/mol. The molecule has 0 bridgehead atoms. The van der Waals surface area contributed by atoms with Gasteiger partial charge < -0.3 is 47.4 Å². The van der Waals surface area contributed by atoms with Crippen molar-refractivity contribution in [1.29, 1.82) is 0 Å². The van der Waals surface area contributed by atoms with Gasteiger partial charge in [0.15, 0.2) is 12.2 Å². The predicted molar refractivity (Wildman–Crippen MR) is 248 cm³/mol. The van der Waals surface area contributed by atoms with Crippen molar-refractivity contribution < 1.29 is 76.1 Å². The summed E-state index contributed by atoms with van der Waals surface area (Å²) in [5.74, 6) is 0.409. The van der Waals surface area contributed by atoms with Crippen LogP contribution in [0.4, 0.5) is 19.2 Å². The third-order valence-corrected chi connectivity index (χ3v) is 9.25. The molecule has 0 fully saturated rings. The minimum Gasteiger partial charge on any atom is -0.458 e. The number of hydrogen-bond donors (Lipinski definition) is 0. The first-order chi connectivity index (χ1) is 33.0. The van der Waals surface area contributed by atoms with Gasteiger partial charge in [-0.2, -0.15) is 0 Å². The number of carbonyl (C=O) groups excluding carboxylic acids is 6. The molecule has 0 amide bonds. The molecule has 6 aromatic carbocycles. The number of aryl methyl sites for hydroxylation is 1. The molecule has 0 aromatic heterocycles. The van der Waals surface area contributed by atoms with Crippen LogP contribution in [0, 0.1) is 6.92 Å². The normalized spacial score (nSPS) is 11.4. The summed E-state index contributed by atoms with van der Waals surface area (Å²) in [7, 11) is 0. The summed E-state index contributed by atoms with van der Waals surface area (Å²) >= 11 is 0. The lowest BCUT2D eigenvalue weighted by molar-refractivity contribution is -0.155. The Balaban J connectivity index is 0.000000258. The Kier molecular flexibility index (Phi) is 18.8. The van der Waals surface area contributed by atoms with E-state index in [2.05, 4.69) is 20.8 Å². The molecule has 0 spiro atoms. The standard InChI is InChI=1S/C28H28O8.C25H22O8/c1-19(33-26(30)34-22-8-6-5-7-9-22)25(29)32-18-20-10-14-23(15-11-20)35-27(31)36-24-16-12-21(13-17-24)28(2,3)4;1-17-8-12-21(13-9-17)32-25(28)33-22-14-10-19(11-15-22)16-29-23(26)18(2)30-24(27)31-20-6-4-3-5-7-20/h5-17,19H,18H2,1-4H3;3-15,18H,16H2,1-2H3. The molecule has 0 aliphatic carbocycles. The van der Waals surface area contributed by atoms with Gasteiger partial charge in [-0.25, -0.2) is 28.8 Å². The molecular formula is C53H50O16. The largest absolute Gasteiger partial charge is 0.519 e. The highest BCUT2D eigenvalue weighted by Crippen LogP contribution is 2.25. The second-order valence-corrected chi connectivity index (χ2v) is 15.8. The number of benzene rings is 6. The first kappa shape index (κ1) is 51.3. The van der Waals surface area contributed by atoms with E-state index in [1.807, 2.05) is 31.2 Å². The van der Waals surface area contributed by atoms with Gasteiger partial charge in [0.05, 0.1) is 0 Å². The highest BCUT2D eigenvalue weighted by atomic mass is 16.7. The summed E-state index contributed by atoms with van der Waals surface area (Å²) in [6.07, 6.45) is -6.07. The first-order valence-electron chi connectivity index (χ1n) is 21.3. The fraction of sp³-hybridized carbons (Fsp3) is 0.208. The molecule has 0 saturated heterocycles. The minimum absolute atomic E-state index is 0.00557. The Morgan fingerprint density at radius 1 is 0.391 bits per heavy atom. The number of rotatable bonds is 14. The summed E-state index contributed by atoms with van der Waals surface area (Å²) < 4.78 is 50.7. The molecular weight excluding hydrogens is 893 g/mol. The lowest BCUT2D eigenvalue weighted by Crippen LogP contribution is -2.27. The van der Waals surface area contributed by atoms with Gasteiger partial charge in [0.25, 0.3) is 0 Å². The van der Waals surface area contributed by atoms with Crippen LogP contribution < -0.4 is 28.4 Å². The Morgan fingerprint density at radius 2 is 0.681 bits per heavy atom. The van der Waals surface area contributed by atoms with E-state index in [4.69, 9.17) is 47.4 Å². The van der Waals surface area contributed by atoms with Crippen molar-refractivity contribution in [2.45, 2.75) is 72.4 Å². The molecule has 6 aromatic rings. The van der Waals surface area contributed by atoms with E-state index in [1.165, 1.54) is 26.0 Å². The highest BCUT2D eigenvalue weighted by molar-refractivity contribution is 5.78. The summed E-state index contributed by atoms with van der Waals surface area (Å²) in [4.78, 5) is 71.7. The van der Waals surface area contributed by atoms with Crippen LogP contribution >= 0.6 is 0 Å². The van der Waals surface area contributed by atoms with Gasteiger partial charge >= 0.3 is 36.6 Å². The van der Waals surface area contributed by atoms with Crippen molar-refractivity contribution >= 4 is 36.6 Å². The maximum absolute atomic E-state index is 12.1. The Morgan fingerprint density at radius 3 is 1.01 bits per heavy atom. The van der Waals surface area contributed by atoms with Gasteiger partial charge in [0, 0.05) is 0 Å². The van der Waals surface area contributed by atoms with Crippen LogP contribution in [-0.2, 0) is 47.2 Å². The van der Waals surface area contributed by atoms with Crippen LogP contribution in [0.1, 0.15) is 56.9 Å². The minimum atomic E-state index is -1.16. The molecule has 16 nitrogen and oxygen atoms in total. The van der Waals surface area contributed by atoms with Gasteiger partial charge in [-0.3, -0.25) is 0 Å². The van der Waals surface area contributed by atoms with E-state index in [0.29, 0.717) is 34.1 Å². The molecule has 2 atom stereocenters. The third-order valence-electron chi connectivity index (χ3n) is 9.25. The average molecular weight is 943 g/mol. The maximum Gasteiger partial charge on any atom is 0.519 e. The Bertz CT molecular complexity index is 2610. The average Bonchev–Trinajstić information content (AvgIpc) is 3.32. The highest BCUT2D eigenvalue weighted by Gasteiger charge is 2.23. The summed E-state index contributed by atoms with van der Waals surface area (Å²) in [5.41, 5.74) is 3.43. The zero-order valence-corrected chi connectivity index (χ0v) is 38.6. The van der Waals surface area contributed by atoms with Crippen molar-refractivity contribution in [2.24, 2.45) is 0 Å². The van der Waals surface area contributed by atoms with Crippen molar-refractivity contribution in [3.8, 4) is 34.5 Å². The number of ether oxygens (including phenoxy) is 10. The lowest BCUT2D eigenvalue weighted by atomic mass is 9.87. The van der Waals surface area contributed by atoms with Gasteiger partial charge in [-0.05, 0) is 116 Å². The molecule has 358 valence electrons. The van der Waals surface area contributed by atoms with Gasteiger partial charge in [-0.1, -0.05) is 111 Å². The molecule has 69 heavy (non-hydrogen) atoms. The molecule has 16 heteroatoms. The van der Waals surface area contributed by atoms with E-state index >= 15 is 0 Å².